The third-order valence-corrected chi connectivity index (χ3v) is 9.88. The van der Waals surface area contributed by atoms with Crippen LogP contribution in [0, 0.1) is 0 Å². The van der Waals surface area contributed by atoms with E-state index in [0.717, 1.165) is 38.2 Å². The molecule has 8 rings (SSSR count). The highest BCUT2D eigenvalue weighted by Crippen LogP contribution is 2.45. The molecule has 192 valence electrons. The fourth-order valence-electron chi connectivity index (χ4n) is 6.69. The molecule has 1 aromatic heterocycles. The fourth-order valence-corrected chi connectivity index (χ4v) is 7.82. The molecule has 0 N–H and O–H groups in total. The van der Waals surface area contributed by atoms with Gasteiger partial charge in [-0.25, -0.2) is 0 Å². The molecule has 7 aromatic carbocycles. The maximum Gasteiger partial charge on any atom is 0.113 e. The molecule has 0 aliphatic heterocycles. The molecular weight excluding hydrogens is 543 g/mol. The van der Waals surface area contributed by atoms with Crippen molar-refractivity contribution in [2.75, 3.05) is 0 Å². The number of thiophene rings is 1. The Morgan fingerprint density at radius 3 is 1.48 bits per heavy atom. The molecule has 44 heavy (non-hydrogen) atoms. The second-order valence-corrected chi connectivity index (χ2v) is 12.2. The van der Waals surface area contributed by atoms with E-state index in [0.29, 0.717) is 16.5 Å². The SMILES string of the molecule is [B]c1c([B])c([B])c(-c2c3ccccc3c(-c3cccc(-c4cccc5sc6ccccc6c45)c3)c3ccccc23)c([B])c1[B]. The van der Waals surface area contributed by atoms with Gasteiger partial charge in [0.15, 0.2) is 0 Å². The minimum Gasteiger partial charge on any atom is -0.135 e. The van der Waals surface area contributed by atoms with E-state index in [9.17, 15) is 0 Å². The van der Waals surface area contributed by atoms with E-state index >= 15 is 0 Å². The number of benzene rings is 7. The Labute approximate surface area is 267 Å². The zero-order chi connectivity index (χ0) is 30.1. The highest BCUT2D eigenvalue weighted by Gasteiger charge is 2.21. The van der Waals surface area contributed by atoms with Gasteiger partial charge in [0.2, 0.25) is 0 Å². The standard InChI is InChI=1S/C38H19B5S/c39-34-33(35(40)37(42)38(43)36(34)41)32-25-13-3-1-11-23(25)30(24-12-2-4-14-26(24)32)21-10-7-9-20(19-21)22-16-8-18-29-31(22)27-15-5-6-17-28(27)44-29/h1-19H. The van der Waals surface area contributed by atoms with Gasteiger partial charge in [-0.3, -0.25) is 0 Å². The Bertz CT molecular complexity index is 2370. The van der Waals surface area contributed by atoms with E-state index in [1.165, 1.54) is 31.3 Å². The minimum atomic E-state index is 0.208. The van der Waals surface area contributed by atoms with E-state index in [-0.39, 0.29) is 16.4 Å². The van der Waals surface area contributed by atoms with Crippen molar-refractivity contribution in [1.29, 1.82) is 0 Å². The predicted molar refractivity (Wildman–Crippen MR) is 198 cm³/mol. The molecule has 0 nitrogen and oxygen atoms in total. The lowest BCUT2D eigenvalue weighted by Gasteiger charge is -2.25. The summed E-state index contributed by atoms with van der Waals surface area (Å²) in [5.41, 5.74) is 7.50. The normalized spacial score (nSPS) is 11.6. The van der Waals surface area contributed by atoms with Crippen LogP contribution >= 0.6 is 11.3 Å². The predicted octanol–water partition coefficient (Wildman–Crippen LogP) is 5.33. The maximum absolute atomic E-state index is 6.64. The summed E-state index contributed by atoms with van der Waals surface area (Å²) in [6.45, 7) is 0. The van der Waals surface area contributed by atoms with Crippen molar-refractivity contribution in [3.8, 4) is 33.4 Å². The quantitative estimate of drug-likeness (QED) is 0.202. The largest absolute Gasteiger partial charge is 0.135 e. The average Bonchev–Trinajstić information content (AvgIpc) is 3.45. The molecule has 0 aliphatic rings. The van der Waals surface area contributed by atoms with Gasteiger partial charge < -0.3 is 0 Å². The molecule has 1 heterocycles. The second kappa shape index (κ2) is 10.4. The summed E-state index contributed by atoms with van der Waals surface area (Å²) in [4.78, 5) is 0. The van der Waals surface area contributed by atoms with Crippen LogP contribution in [0.4, 0.5) is 0 Å². The molecule has 0 amide bonds. The molecule has 0 bridgehead atoms. The zero-order valence-corrected chi connectivity index (χ0v) is 24.6. The summed E-state index contributed by atoms with van der Waals surface area (Å²) in [5.74, 6) is 0. The molecule has 6 heteroatoms. The van der Waals surface area contributed by atoms with Crippen LogP contribution in [0.2, 0.25) is 0 Å². The van der Waals surface area contributed by atoms with Crippen LogP contribution < -0.4 is 27.3 Å². The smallest absolute Gasteiger partial charge is 0.113 e. The molecule has 0 aliphatic carbocycles. The summed E-state index contributed by atoms with van der Waals surface area (Å²) < 4.78 is 2.58. The van der Waals surface area contributed by atoms with Gasteiger partial charge in [0, 0.05) is 20.2 Å². The van der Waals surface area contributed by atoms with E-state index in [1.54, 1.807) is 0 Å². The monoisotopic (exact) mass is 562 g/mol. The molecule has 0 spiro atoms. The van der Waals surface area contributed by atoms with Gasteiger partial charge in [-0.15, -0.1) is 27.7 Å². The highest BCUT2D eigenvalue weighted by molar-refractivity contribution is 7.25. The van der Waals surface area contributed by atoms with Crippen LogP contribution in [0.5, 0.6) is 0 Å². The molecule has 8 aromatic rings. The molecule has 0 fully saturated rings. The third kappa shape index (κ3) is 3.97. The summed E-state index contributed by atoms with van der Waals surface area (Å²) in [7, 11) is 32.1. The van der Waals surface area contributed by atoms with Crippen LogP contribution in [-0.4, -0.2) is 39.2 Å². The summed E-state index contributed by atoms with van der Waals surface area (Å²) in [5, 5.41) is 6.72. The van der Waals surface area contributed by atoms with Gasteiger partial charge >= 0.3 is 0 Å². The van der Waals surface area contributed by atoms with Crippen LogP contribution in [0.15, 0.2) is 115 Å². The molecule has 10 radical (unpaired) electrons. The van der Waals surface area contributed by atoms with Gasteiger partial charge in [0.1, 0.15) is 39.2 Å². The highest BCUT2D eigenvalue weighted by atomic mass is 32.1. The minimum absolute atomic E-state index is 0.208. The number of rotatable bonds is 3. The Morgan fingerprint density at radius 2 is 0.841 bits per heavy atom. The zero-order valence-electron chi connectivity index (χ0n) is 23.8. The first-order chi connectivity index (χ1) is 21.4. The van der Waals surface area contributed by atoms with E-state index in [1.807, 2.05) is 23.5 Å². The first-order valence-corrected chi connectivity index (χ1v) is 15.2. The van der Waals surface area contributed by atoms with Crippen LogP contribution in [0.3, 0.4) is 0 Å². The van der Waals surface area contributed by atoms with Crippen molar-refractivity contribution in [2.45, 2.75) is 0 Å². The Balaban J connectivity index is 1.45. The lowest BCUT2D eigenvalue weighted by molar-refractivity contribution is 1.65. The first-order valence-electron chi connectivity index (χ1n) is 14.4. The van der Waals surface area contributed by atoms with E-state index in [4.69, 9.17) is 39.2 Å². The van der Waals surface area contributed by atoms with Crippen molar-refractivity contribution in [1.82, 2.24) is 0 Å². The fraction of sp³-hybridized carbons (Fsp3) is 0. The number of hydrogen-bond donors (Lipinski definition) is 0. The van der Waals surface area contributed by atoms with Crippen LogP contribution in [-0.2, 0) is 0 Å². The van der Waals surface area contributed by atoms with Gasteiger partial charge in [-0.1, -0.05) is 108 Å². The second-order valence-electron chi connectivity index (χ2n) is 11.1. The molecule has 0 unspecified atom stereocenters. The van der Waals surface area contributed by atoms with E-state index < -0.39 is 0 Å². The molecule has 0 saturated carbocycles. The maximum atomic E-state index is 6.64. The number of fused-ring (bicyclic) bond motifs is 5. The molecular formula is C38H19B5S. The van der Waals surface area contributed by atoms with Crippen LogP contribution in [0.1, 0.15) is 0 Å². The lowest BCUT2D eigenvalue weighted by Crippen LogP contribution is -2.55. The van der Waals surface area contributed by atoms with Crippen molar-refractivity contribution in [3.05, 3.63) is 115 Å². The van der Waals surface area contributed by atoms with Gasteiger partial charge in [-0.2, -0.15) is 0 Å². The summed E-state index contributed by atoms with van der Waals surface area (Å²) >= 11 is 1.83. The van der Waals surface area contributed by atoms with Crippen molar-refractivity contribution in [2.24, 2.45) is 0 Å². The van der Waals surface area contributed by atoms with Gasteiger partial charge in [-0.05, 0) is 73.1 Å². The van der Waals surface area contributed by atoms with Gasteiger partial charge in [0.25, 0.3) is 0 Å². The first kappa shape index (κ1) is 27.2. The summed E-state index contributed by atoms with van der Waals surface area (Å²) in [6.07, 6.45) is 0. The molecule has 0 atom stereocenters. The third-order valence-electron chi connectivity index (χ3n) is 8.75. The average molecular weight is 562 g/mol. The Kier molecular flexibility index (Phi) is 6.40. The van der Waals surface area contributed by atoms with Gasteiger partial charge in [0.05, 0.1) is 0 Å². The van der Waals surface area contributed by atoms with Crippen LogP contribution in [0.25, 0.3) is 75.1 Å². The van der Waals surface area contributed by atoms with E-state index in [2.05, 4.69) is 103 Å². The number of hydrogen-bond acceptors (Lipinski definition) is 1. The van der Waals surface area contributed by atoms with Crippen molar-refractivity contribution < 1.29 is 0 Å². The van der Waals surface area contributed by atoms with Crippen molar-refractivity contribution in [3.63, 3.8) is 0 Å². The lowest BCUT2D eigenvalue weighted by atomic mass is 9.59. The van der Waals surface area contributed by atoms with Crippen molar-refractivity contribution >= 4 is 120 Å². The molecule has 0 saturated heterocycles. The summed E-state index contributed by atoms with van der Waals surface area (Å²) in [6, 6.07) is 40.7. The Morgan fingerprint density at radius 1 is 0.364 bits per heavy atom. The Hall–Kier alpha value is -4.40. The topological polar surface area (TPSA) is 0 Å².